The number of rotatable bonds is 4. The van der Waals surface area contributed by atoms with Gasteiger partial charge in [0.05, 0.1) is 6.07 Å². The number of aryl methyl sites for hydroxylation is 1. The van der Waals surface area contributed by atoms with E-state index >= 15 is 0 Å². The van der Waals surface area contributed by atoms with Crippen molar-refractivity contribution in [2.24, 2.45) is 7.05 Å². The highest BCUT2D eigenvalue weighted by atomic mass is 16.1. The summed E-state index contributed by atoms with van der Waals surface area (Å²) in [5.74, 6) is 0.431. The summed E-state index contributed by atoms with van der Waals surface area (Å²) in [5.41, 5.74) is 2.24. The summed E-state index contributed by atoms with van der Waals surface area (Å²) in [6, 6.07) is 9.66. The lowest BCUT2D eigenvalue weighted by molar-refractivity contribution is -0.120. The predicted octanol–water partition coefficient (Wildman–Crippen LogP) is 2.84. The fourth-order valence-corrected chi connectivity index (χ4v) is 2.41. The Labute approximate surface area is 137 Å². The van der Waals surface area contributed by atoms with Gasteiger partial charge >= 0.3 is 0 Å². The molecule has 0 saturated heterocycles. The molecule has 23 heavy (non-hydrogen) atoms. The van der Waals surface area contributed by atoms with Crippen LogP contribution < -0.4 is 5.32 Å². The van der Waals surface area contributed by atoms with Crippen LogP contribution in [0.2, 0.25) is 0 Å². The Morgan fingerprint density at radius 2 is 2.00 bits per heavy atom. The molecule has 0 aliphatic carbocycles. The summed E-state index contributed by atoms with van der Waals surface area (Å²) in [6.07, 6.45) is 3.37. The van der Waals surface area contributed by atoms with Gasteiger partial charge in [-0.05, 0) is 16.5 Å². The van der Waals surface area contributed by atoms with Crippen LogP contribution in [0.5, 0.6) is 0 Å². The Kier molecular flexibility index (Phi) is 4.85. The Morgan fingerprint density at radius 1 is 1.35 bits per heavy atom. The van der Waals surface area contributed by atoms with Gasteiger partial charge in [-0.2, -0.15) is 5.26 Å². The van der Waals surface area contributed by atoms with Crippen molar-refractivity contribution in [3.05, 3.63) is 53.6 Å². The van der Waals surface area contributed by atoms with E-state index in [0.29, 0.717) is 0 Å². The standard InChI is InChI=1S/C18H22N4O/c1-18(2,3)14-7-5-13(6-8-14)16(21-15(23)9-10-19)17-20-11-12-22(17)4/h5-8,11-12,16H,9H2,1-4H3,(H,21,23). The lowest BCUT2D eigenvalue weighted by Gasteiger charge is -2.22. The molecule has 5 nitrogen and oxygen atoms in total. The van der Waals surface area contributed by atoms with E-state index in [1.807, 2.05) is 36.0 Å². The van der Waals surface area contributed by atoms with Crippen LogP contribution in [0, 0.1) is 11.3 Å². The molecular weight excluding hydrogens is 288 g/mol. The van der Waals surface area contributed by atoms with Gasteiger partial charge in [-0.15, -0.1) is 0 Å². The van der Waals surface area contributed by atoms with Crippen LogP contribution in [0.4, 0.5) is 0 Å². The summed E-state index contributed by atoms with van der Waals surface area (Å²) in [6.45, 7) is 6.48. The first-order valence-corrected chi connectivity index (χ1v) is 7.57. The van der Waals surface area contributed by atoms with Crippen LogP contribution >= 0.6 is 0 Å². The Balaban J connectivity index is 2.36. The molecule has 0 fully saturated rings. The van der Waals surface area contributed by atoms with E-state index < -0.39 is 0 Å². The zero-order valence-corrected chi connectivity index (χ0v) is 14.0. The van der Waals surface area contributed by atoms with Gasteiger partial charge in [-0.1, -0.05) is 45.0 Å². The summed E-state index contributed by atoms with van der Waals surface area (Å²) < 4.78 is 1.87. The van der Waals surface area contributed by atoms with Gasteiger partial charge in [-0.3, -0.25) is 4.79 Å². The molecule has 1 heterocycles. The number of amides is 1. The van der Waals surface area contributed by atoms with E-state index in [1.54, 1.807) is 6.20 Å². The quantitative estimate of drug-likeness (QED) is 0.944. The molecule has 0 bridgehead atoms. The monoisotopic (exact) mass is 310 g/mol. The molecule has 1 unspecified atom stereocenters. The second kappa shape index (κ2) is 6.66. The number of hydrogen-bond acceptors (Lipinski definition) is 3. The molecule has 1 atom stereocenters. The number of benzene rings is 1. The zero-order valence-electron chi connectivity index (χ0n) is 14.0. The van der Waals surface area contributed by atoms with E-state index in [2.05, 4.69) is 43.2 Å². The fraction of sp³-hybridized carbons (Fsp3) is 0.389. The molecule has 0 aliphatic heterocycles. The average Bonchev–Trinajstić information content (AvgIpc) is 2.90. The average molecular weight is 310 g/mol. The SMILES string of the molecule is Cn1ccnc1C(NC(=O)CC#N)c1ccc(C(C)(C)C)cc1. The number of carbonyl (C=O) groups excluding carboxylic acids is 1. The number of aromatic nitrogens is 2. The van der Waals surface area contributed by atoms with Crippen molar-refractivity contribution >= 4 is 5.91 Å². The topological polar surface area (TPSA) is 70.7 Å². The molecule has 1 amide bonds. The van der Waals surface area contributed by atoms with Crippen LogP contribution in [-0.2, 0) is 17.3 Å². The van der Waals surface area contributed by atoms with Crippen LogP contribution in [-0.4, -0.2) is 15.5 Å². The van der Waals surface area contributed by atoms with Crippen molar-refractivity contribution in [1.29, 1.82) is 5.26 Å². The fourth-order valence-electron chi connectivity index (χ4n) is 2.41. The van der Waals surface area contributed by atoms with E-state index in [0.717, 1.165) is 11.4 Å². The first kappa shape index (κ1) is 16.8. The van der Waals surface area contributed by atoms with Crippen LogP contribution in [0.1, 0.15) is 50.2 Å². The van der Waals surface area contributed by atoms with Crippen molar-refractivity contribution in [3.63, 3.8) is 0 Å². The number of imidazole rings is 1. The largest absolute Gasteiger partial charge is 0.341 e. The van der Waals surface area contributed by atoms with E-state index in [4.69, 9.17) is 5.26 Å². The van der Waals surface area contributed by atoms with E-state index in [-0.39, 0.29) is 23.8 Å². The van der Waals surface area contributed by atoms with Crippen molar-refractivity contribution in [2.45, 2.75) is 38.6 Å². The van der Waals surface area contributed by atoms with Gasteiger partial charge in [0.1, 0.15) is 18.3 Å². The molecule has 1 aromatic carbocycles. The number of carbonyl (C=O) groups is 1. The van der Waals surface area contributed by atoms with E-state index in [1.165, 1.54) is 5.56 Å². The Hall–Kier alpha value is -2.61. The van der Waals surface area contributed by atoms with Crippen molar-refractivity contribution < 1.29 is 4.79 Å². The maximum atomic E-state index is 11.9. The number of nitriles is 1. The molecule has 5 heteroatoms. The Bertz CT molecular complexity index is 717. The molecule has 2 rings (SSSR count). The van der Waals surface area contributed by atoms with Gasteiger partial charge < -0.3 is 9.88 Å². The molecule has 0 saturated carbocycles. The molecule has 2 aromatic rings. The Morgan fingerprint density at radius 3 is 2.48 bits per heavy atom. The molecule has 0 spiro atoms. The second-order valence-corrected chi connectivity index (χ2v) is 6.60. The van der Waals surface area contributed by atoms with Gasteiger partial charge in [0.2, 0.25) is 5.91 Å². The second-order valence-electron chi connectivity index (χ2n) is 6.60. The summed E-state index contributed by atoms with van der Waals surface area (Å²) in [5, 5.41) is 11.6. The number of hydrogen-bond donors (Lipinski definition) is 1. The molecule has 0 aliphatic rings. The summed E-state index contributed by atoms with van der Waals surface area (Å²) in [4.78, 5) is 16.2. The highest BCUT2D eigenvalue weighted by Crippen LogP contribution is 2.26. The summed E-state index contributed by atoms with van der Waals surface area (Å²) in [7, 11) is 1.88. The van der Waals surface area contributed by atoms with Gasteiger partial charge in [0, 0.05) is 19.4 Å². The van der Waals surface area contributed by atoms with Crippen LogP contribution in [0.15, 0.2) is 36.7 Å². The minimum Gasteiger partial charge on any atom is -0.341 e. The maximum Gasteiger partial charge on any atom is 0.235 e. The third-order valence-electron chi connectivity index (χ3n) is 3.77. The lowest BCUT2D eigenvalue weighted by Crippen LogP contribution is -2.30. The van der Waals surface area contributed by atoms with Crippen molar-refractivity contribution in [1.82, 2.24) is 14.9 Å². The molecule has 1 N–H and O–H groups in total. The van der Waals surface area contributed by atoms with E-state index in [9.17, 15) is 4.79 Å². The van der Waals surface area contributed by atoms with Crippen LogP contribution in [0.3, 0.4) is 0 Å². The smallest absolute Gasteiger partial charge is 0.235 e. The highest BCUT2D eigenvalue weighted by Gasteiger charge is 2.21. The molecule has 1 aromatic heterocycles. The third kappa shape index (κ3) is 3.98. The highest BCUT2D eigenvalue weighted by molar-refractivity contribution is 5.78. The van der Waals surface area contributed by atoms with Crippen molar-refractivity contribution in [2.75, 3.05) is 0 Å². The van der Waals surface area contributed by atoms with Gasteiger partial charge in [-0.25, -0.2) is 4.98 Å². The van der Waals surface area contributed by atoms with Crippen molar-refractivity contribution in [3.8, 4) is 6.07 Å². The lowest BCUT2D eigenvalue weighted by atomic mass is 9.86. The third-order valence-corrected chi connectivity index (χ3v) is 3.77. The van der Waals surface area contributed by atoms with Gasteiger partial charge in [0.15, 0.2) is 0 Å². The van der Waals surface area contributed by atoms with Crippen LogP contribution in [0.25, 0.3) is 0 Å². The number of nitrogens with zero attached hydrogens (tertiary/aromatic N) is 3. The number of nitrogens with one attached hydrogen (secondary N) is 1. The minimum absolute atomic E-state index is 0.0707. The molecular formula is C18H22N4O. The zero-order chi connectivity index (χ0) is 17.0. The first-order valence-electron chi connectivity index (χ1n) is 7.57. The first-order chi connectivity index (χ1) is 10.8. The molecule has 0 radical (unpaired) electrons. The van der Waals surface area contributed by atoms with Gasteiger partial charge in [0.25, 0.3) is 0 Å². The molecule has 120 valence electrons. The normalized spacial score (nSPS) is 12.5. The maximum absolute atomic E-state index is 11.9. The summed E-state index contributed by atoms with van der Waals surface area (Å²) >= 11 is 0. The predicted molar refractivity (Wildman–Crippen MR) is 88.6 cm³/mol. The minimum atomic E-state index is -0.370.